The molecule has 0 aliphatic rings. The molecule has 0 radical (unpaired) electrons. The number of hydrogen-bond donors (Lipinski definition) is 1. The van der Waals surface area contributed by atoms with E-state index in [9.17, 15) is 4.80 Å². The summed E-state index contributed by atoms with van der Waals surface area (Å²) in [5, 5.41) is 0. The van der Waals surface area contributed by atoms with Crippen molar-refractivity contribution in [2.24, 2.45) is 0 Å². The van der Waals surface area contributed by atoms with Crippen molar-refractivity contribution in [2.45, 2.75) is 151 Å². The summed E-state index contributed by atoms with van der Waals surface area (Å²) in [6.07, 6.45) is 0. The van der Waals surface area contributed by atoms with Crippen LogP contribution in [0.4, 0.5) is 0 Å². The fourth-order valence-electron chi connectivity index (χ4n) is 5.48. The predicted molar refractivity (Wildman–Crippen MR) is 213 cm³/mol. The van der Waals surface area contributed by atoms with Gasteiger partial charge in [0.15, 0.2) is 9.04 Å². The molecule has 0 unspecified atom stereocenters. The molecular weight excluding hydrogens is 745 g/mol. The van der Waals surface area contributed by atoms with Gasteiger partial charge in [0.25, 0.3) is 0 Å². The molecule has 10 nitrogen and oxygen atoms in total. The van der Waals surface area contributed by atoms with Crippen molar-refractivity contribution in [2.75, 3.05) is 0 Å². The van der Waals surface area contributed by atoms with Gasteiger partial charge in [0, 0.05) is 8.80 Å². The standard InChI is InChI=1S/C20H62O10Si10.C3H10Si/c1-31(2)22-33(5,6)24-35(9,10)26-37(13,14)28-39(17,18)30-40(19,20)29-38(15,16)27-36(11,12)25-34(7,8)23-32(3,4)21;1-4(2)3/h21,31H,1-20H3;4H,1-3H3. The zero-order valence-electron chi connectivity index (χ0n) is 32.8. The van der Waals surface area contributed by atoms with Gasteiger partial charge in [-0.2, -0.15) is 0 Å². The van der Waals surface area contributed by atoms with E-state index in [2.05, 4.69) is 72.0 Å². The minimum absolute atomic E-state index is 0.139. The fourth-order valence-corrected chi connectivity index (χ4v) is 52.4. The minimum Gasteiger partial charge on any atom is -0.440 e. The van der Waals surface area contributed by atoms with Gasteiger partial charge in [0.2, 0.25) is 0 Å². The van der Waals surface area contributed by atoms with Crippen LogP contribution in [0, 0.1) is 0 Å². The Morgan fingerprint density at radius 1 is 0.318 bits per heavy atom. The second-order valence-corrected chi connectivity index (χ2v) is 54.7. The highest BCUT2D eigenvalue weighted by Gasteiger charge is 2.50. The lowest BCUT2D eigenvalue weighted by Crippen LogP contribution is -2.62. The van der Waals surface area contributed by atoms with Crippen molar-refractivity contribution in [1.82, 2.24) is 0 Å². The van der Waals surface area contributed by atoms with Crippen molar-refractivity contribution >= 4 is 94.9 Å². The van der Waals surface area contributed by atoms with Gasteiger partial charge >= 0.3 is 77.0 Å². The van der Waals surface area contributed by atoms with E-state index in [1.807, 2.05) is 65.5 Å². The van der Waals surface area contributed by atoms with E-state index < -0.39 is 86.1 Å². The van der Waals surface area contributed by atoms with Crippen molar-refractivity contribution in [3.05, 3.63) is 0 Å². The van der Waals surface area contributed by atoms with Crippen molar-refractivity contribution < 1.29 is 41.8 Å². The zero-order chi connectivity index (χ0) is 36.0. The van der Waals surface area contributed by atoms with E-state index in [0.717, 1.165) is 0 Å². The van der Waals surface area contributed by atoms with Crippen LogP contribution in [0.2, 0.25) is 151 Å². The molecule has 268 valence electrons. The van der Waals surface area contributed by atoms with Crippen LogP contribution < -0.4 is 0 Å². The van der Waals surface area contributed by atoms with Gasteiger partial charge in [-0.25, -0.2) is 0 Å². The largest absolute Gasteiger partial charge is 0.440 e. The molecule has 0 spiro atoms. The van der Waals surface area contributed by atoms with Crippen molar-refractivity contribution in [3.8, 4) is 0 Å². The maximum absolute atomic E-state index is 10.3. The van der Waals surface area contributed by atoms with Crippen LogP contribution in [0.3, 0.4) is 0 Å². The van der Waals surface area contributed by atoms with Crippen LogP contribution >= 0.6 is 0 Å². The van der Waals surface area contributed by atoms with Crippen LogP contribution in [-0.2, 0) is 37.0 Å². The summed E-state index contributed by atoms with van der Waals surface area (Å²) >= 11 is 0. The molecule has 0 heterocycles. The lowest BCUT2D eigenvalue weighted by Gasteiger charge is -2.44. The normalized spacial score (nSPS) is 15.1. The van der Waals surface area contributed by atoms with Gasteiger partial charge in [-0.05, 0) is 131 Å². The first-order valence-electron chi connectivity index (χ1n) is 15.8. The van der Waals surface area contributed by atoms with Gasteiger partial charge < -0.3 is 41.8 Å². The fraction of sp³-hybridized carbons (Fsp3) is 1.00. The second kappa shape index (κ2) is 17.3. The Morgan fingerprint density at radius 3 is 0.636 bits per heavy atom. The summed E-state index contributed by atoms with van der Waals surface area (Å²) < 4.78 is 58.3. The Balaban J connectivity index is 0. The van der Waals surface area contributed by atoms with E-state index in [0.29, 0.717) is 0 Å². The Kier molecular flexibility index (Phi) is 18.9. The molecule has 0 amide bonds. The first-order valence-corrected chi connectivity index (χ1v) is 47.4. The van der Waals surface area contributed by atoms with E-state index in [4.69, 9.17) is 37.0 Å². The van der Waals surface area contributed by atoms with Gasteiger partial charge in [0.1, 0.15) is 0 Å². The van der Waals surface area contributed by atoms with Crippen LogP contribution in [0.25, 0.3) is 0 Å². The highest BCUT2D eigenvalue weighted by molar-refractivity contribution is 6.92. The summed E-state index contributed by atoms with van der Waals surface area (Å²) in [4.78, 5) is 10.3. The van der Waals surface area contributed by atoms with Gasteiger partial charge in [-0.1, -0.05) is 19.6 Å². The summed E-state index contributed by atoms with van der Waals surface area (Å²) in [7, 11) is -24.6. The summed E-state index contributed by atoms with van der Waals surface area (Å²) in [5.41, 5.74) is 0. The molecule has 0 aromatic carbocycles. The average molecular weight is 818 g/mol. The highest BCUT2D eigenvalue weighted by Crippen LogP contribution is 2.30. The maximum atomic E-state index is 10.3. The maximum Gasteiger partial charge on any atom is 0.320 e. The Bertz CT molecular complexity index is 860. The summed E-state index contributed by atoms with van der Waals surface area (Å²) in [5.74, 6) is 0. The smallest absolute Gasteiger partial charge is 0.320 e. The highest BCUT2D eigenvalue weighted by atomic mass is 28.5. The van der Waals surface area contributed by atoms with E-state index in [-0.39, 0.29) is 8.80 Å². The minimum atomic E-state index is -2.72. The molecule has 0 bridgehead atoms. The summed E-state index contributed by atoms with van der Waals surface area (Å²) in [6.45, 7) is 47.3. The molecule has 0 aromatic rings. The molecular formula is C23H72O10Si11. The van der Waals surface area contributed by atoms with Crippen LogP contribution in [0.15, 0.2) is 0 Å². The lowest BCUT2D eigenvalue weighted by atomic mass is 11.8. The topological polar surface area (TPSA) is 103 Å². The average Bonchev–Trinajstić information content (AvgIpc) is 2.47. The molecule has 0 saturated carbocycles. The molecule has 44 heavy (non-hydrogen) atoms. The van der Waals surface area contributed by atoms with Crippen LogP contribution in [0.1, 0.15) is 0 Å². The third-order valence-electron chi connectivity index (χ3n) is 4.46. The lowest BCUT2D eigenvalue weighted by molar-refractivity contribution is 0.255. The molecule has 0 aromatic heterocycles. The van der Waals surface area contributed by atoms with E-state index >= 15 is 0 Å². The molecule has 1 N–H and O–H groups in total. The Morgan fingerprint density at radius 2 is 0.477 bits per heavy atom. The van der Waals surface area contributed by atoms with Crippen LogP contribution in [0.5, 0.6) is 0 Å². The molecule has 0 atom stereocenters. The third-order valence-corrected chi connectivity index (χ3v) is 40.1. The zero-order valence-corrected chi connectivity index (χ0v) is 44.1. The third kappa shape index (κ3) is 26.9. The molecule has 21 heteroatoms. The van der Waals surface area contributed by atoms with E-state index in [1.54, 1.807) is 13.1 Å². The number of rotatable bonds is 18. The predicted octanol–water partition coefficient (Wildman–Crippen LogP) is 7.53. The molecule has 0 aliphatic carbocycles. The molecule has 0 aliphatic heterocycles. The summed E-state index contributed by atoms with van der Waals surface area (Å²) in [6, 6.07) is 0. The molecule has 0 fully saturated rings. The quantitative estimate of drug-likeness (QED) is 0.140. The first kappa shape index (κ1) is 48.1. The number of hydrogen-bond acceptors (Lipinski definition) is 10. The molecule has 0 saturated heterocycles. The first-order chi connectivity index (χ1) is 18.8. The monoisotopic (exact) mass is 816 g/mol. The van der Waals surface area contributed by atoms with Crippen molar-refractivity contribution in [3.63, 3.8) is 0 Å². The second-order valence-electron chi connectivity index (χ2n) is 16.4. The Hall–Kier alpha value is 1.99. The van der Waals surface area contributed by atoms with Gasteiger partial charge in [0.05, 0.1) is 0 Å². The molecule has 0 rings (SSSR count). The Labute approximate surface area is 285 Å². The van der Waals surface area contributed by atoms with Crippen LogP contribution in [-0.4, -0.2) is 99.7 Å². The van der Waals surface area contributed by atoms with Gasteiger partial charge in [-0.3, -0.25) is 0 Å². The van der Waals surface area contributed by atoms with E-state index in [1.165, 1.54) is 0 Å². The SMILES string of the molecule is C[SiH](C)C.C[SiH](C)O[Si](C)(C)O[Si](C)(C)O[Si](C)(C)O[Si](C)(C)O[Si](C)(C)O[Si](C)(C)O[Si](C)(C)O[Si](C)(C)O[Si](C)(C)O. The van der Waals surface area contributed by atoms with Crippen molar-refractivity contribution in [1.29, 1.82) is 0 Å². The van der Waals surface area contributed by atoms with Gasteiger partial charge in [-0.15, -0.1) is 0 Å².